The summed E-state index contributed by atoms with van der Waals surface area (Å²) in [5.41, 5.74) is 5.10. The molecule has 4 rings (SSSR count). The van der Waals surface area contributed by atoms with Gasteiger partial charge in [0, 0.05) is 5.56 Å². The zero-order valence-electron chi connectivity index (χ0n) is 18.4. The summed E-state index contributed by atoms with van der Waals surface area (Å²) in [6.07, 6.45) is 1.69. The van der Waals surface area contributed by atoms with Crippen LogP contribution in [0, 0.1) is 13.8 Å². The van der Waals surface area contributed by atoms with Crippen LogP contribution in [0.15, 0.2) is 77.4 Å². The topological polar surface area (TPSA) is 57.1 Å². The molecule has 0 N–H and O–H groups in total. The van der Waals surface area contributed by atoms with E-state index in [2.05, 4.69) is 24.0 Å². The van der Waals surface area contributed by atoms with E-state index in [4.69, 9.17) is 14.2 Å². The zero-order chi connectivity index (χ0) is 22.5. The minimum absolute atomic E-state index is 0.249. The molecule has 0 saturated carbocycles. The van der Waals surface area contributed by atoms with Crippen LogP contribution in [0.3, 0.4) is 0 Å². The number of cyclic esters (lactones) is 1. The van der Waals surface area contributed by atoms with E-state index in [0.717, 1.165) is 22.3 Å². The zero-order valence-corrected chi connectivity index (χ0v) is 18.4. The van der Waals surface area contributed by atoms with Gasteiger partial charge in [-0.2, -0.15) is 0 Å². The fourth-order valence-corrected chi connectivity index (χ4v) is 3.46. The summed E-state index contributed by atoms with van der Waals surface area (Å²) in [6, 6.07) is 21.4. The molecule has 0 amide bonds. The van der Waals surface area contributed by atoms with Crippen LogP contribution in [0.5, 0.6) is 11.5 Å². The van der Waals surface area contributed by atoms with Crippen LogP contribution in [0.4, 0.5) is 0 Å². The summed E-state index contributed by atoms with van der Waals surface area (Å²) in [7, 11) is 0. The number of carbonyl (C=O) groups excluding carboxylic acids is 1. The first-order valence-electron chi connectivity index (χ1n) is 10.6. The molecule has 32 heavy (non-hydrogen) atoms. The van der Waals surface area contributed by atoms with Crippen molar-refractivity contribution in [1.82, 2.24) is 0 Å². The van der Waals surface area contributed by atoms with Crippen molar-refractivity contribution in [2.45, 2.75) is 27.4 Å². The molecule has 1 heterocycles. The third-order valence-corrected chi connectivity index (χ3v) is 5.04. The third kappa shape index (κ3) is 4.89. The van der Waals surface area contributed by atoms with Crippen molar-refractivity contribution in [3.05, 3.63) is 100 Å². The second kappa shape index (κ2) is 9.52. The van der Waals surface area contributed by atoms with Gasteiger partial charge in [0.05, 0.1) is 6.61 Å². The summed E-state index contributed by atoms with van der Waals surface area (Å²) in [4.78, 5) is 16.8. The lowest BCUT2D eigenvalue weighted by molar-refractivity contribution is -0.129. The molecule has 0 bridgehead atoms. The van der Waals surface area contributed by atoms with Crippen LogP contribution >= 0.6 is 0 Å². The van der Waals surface area contributed by atoms with E-state index < -0.39 is 5.97 Å². The van der Waals surface area contributed by atoms with Gasteiger partial charge in [-0.3, -0.25) is 0 Å². The smallest absolute Gasteiger partial charge is 0.363 e. The van der Waals surface area contributed by atoms with Crippen molar-refractivity contribution < 1.29 is 19.0 Å². The molecule has 0 aliphatic carbocycles. The Balaban J connectivity index is 1.57. The number of rotatable bonds is 7. The molecule has 162 valence electrons. The molecule has 0 unspecified atom stereocenters. The highest BCUT2D eigenvalue weighted by Crippen LogP contribution is 2.31. The highest BCUT2D eigenvalue weighted by atomic mass is 16.6. The summed E-state index contributed by atoms with van der Waals surface area (Å²) in [5, 5.41) is 0. The lowest BCUT2D eigenvalue weighted by atomic mass is 10.1. The van der Waals surface area contributed by atoms with Crippen molar-refractivity contribution in [3.8, 4) is 11.5 Å². The maximum atomic E-state index is 12.4. The standard InChI is InChI=1S/C27H25NO4/c1-4-30-25-16-20(12-13-24(25)31-17-21-10-7-8-18(2)14-21)15-23-27(29)32-26(28-23)22-11-6-5-9-19(22)3/h5-16H,4,17H2,1-3H3/b23-15-. The lowest BCUT2D eigenvalue weighted by Crippen LogP contribution is -2.06. The number of ether oxygens (including phenoxy) is 3. The molecule has 3 aromatic rings. The SMILES string of the molecule is CCOc1cc(/C=C2\N=C(c3ccccc3C)OC2=O)ccc1OCc1cccc(C)c1. The molecule has 0 atom stereocenters. The predicted molar refractivity (Wildman–Crippen MR) is 125 cm³/mol. The molecule has 5 nitrogen and oxygen atoms in total. The van der Waals surface area contributed by atoms with Gasteiger partial charge in [0.2, 0.25) is 5.90 Å². The summed E-state index contributed by atoms with van der Waals surface area (Å²) >= 11 is 0. The number of carbonyl (C=O) groups is 1. The average molecular weight is 428 g/mol. The van der Waals surface area contributed by atoms with Gasteiger partial charge in [-0.25, -0.2) is 9.79 Å². The maximum Gasteiger partial charge on any atom is 0.363 e. The molecule has 1 aliphatic heterocycles. The Hall–Kier alpha value is -3.86. The predicted octanol–water partition coefficient (Wildman–Crippen LogP) is 5.63. The van der Waals surface area contributed by atoms with E-state index in [1.807, 2.05) is 68.4 Å². The molecule has 0 saturated heterocycles. The van der Waals surface area contributed by atoms with E-state index in [9.17, 15) is 4.79 Å². The lowest BCUT2D eigenvalue weighted by Gasteiger charge is -2.13. The van der Waals surface area contributed by atoms with Crippen LogP contribution in [-0.2, 0) is 16.1 Å². The van der Waals surface area contributed by atoms with Crippen molar-refractivity contribution in [2.75, 3.05) is 6.61 Å². The number of benzene rings is 3. The van der Waals surface area contributed by atoms with Crippen molar-refractivity contribution in [1.29, 1.82) is 0 Å². The molecule has 1 aliphatic rings. The molecule has 5 heteroatoms. The number of hydrogen-bond acceptors (Lipinski definition) is 5. The maximum absolute atomic E-state index is 12.4. The summed E-state index contributed by atoms with van der Waals surface area (Å²) < 4.78 is 17.2. The largest absolute Gasteiger partial charge is 0.490 e. The number of hydrogen-bond donors (Lipinski definition) is 0. The number of aliphatic imine (C=N–C) groups is 1. The van der Waals surface area contributed by atoms with Crippen LogP contribution in [0.25, 0.3) is 6.08 Å². The van der Waals surface area contributed by atoms with E-state index in [1.54, 1.807) is 6.08 Å². The Labute approximate surface area is 188 Å². The summed E-state index contributed by atoms with van der Waals surface area (Å²) in [5.74, 6) is 1.11. The van der Waals surface area contributed by atoms with Gasteiger partial charge in [0.15, 0.2) is 17.2 Å². The number of esters is 1. The molecule has 0 radical (unpaired) electrons. The highest BCUT2D eigenvalue weighted by Gasteiger charge is 2.25. The fourth-order valence-electron chi connectivity index (χ4n) is 3.46. The first-order valence-corrected chi connectivity index (χ1v) is 10.6. The van der Waals surface area contributed by atoms with E-state index >= 15 is 0 Å². The molecule has 3 aromatic carbocycles. The monoisotopic (exact) mass is 427 g/mol. The molecule has 0 aromatic heterocycles. The van der Waals surface area contributed by atoms with E-state index in [-0.39, 0.29) is 5.70 Å². The van der Waals surface area contributed by atoms with E-state index in [1.165, 1.54) is 5.56 Å². The Bertz CT molecular complexity index is 1210. The van der Waals surface area contributed by atoms with Gasteiger partial charge < -0.3 is 14.2 Å². The van der Waals surface area contributed by atoms with Crippen LogP contribution in [-0.4, -0.2) is 18.5 Å². The normalized spacial score (nSPS) is 14.3. The quantitative estimate of drug-likeness (QED) is 0.362. The molecular formula is C27H25NO4. The molecule has 0 spiro atoms. The number of nitrogens with zero attached hydrogens (tertiary/aromatic N) is 1. The Kier molecular flexibility index (Phi) is 6.36. The first-order chi connectivity index (χ1) is 15.5. The van der Waals surface area contributed by atoms with Gasteiger partial charge >= 0.3 is 5.97 Å². The minimum Gasteiger partial charge on any atom is -0.490 e. The van der Waals surface area contributed by atoms with Gasteiger partial charge in [-0.05, 0) is 61.7 Å². The fraction of sp³-hybridized carbons (Fsp3) is 0.185. The first kappa shape index (κ1) is 21.4. The van der Waals surface area contributed by atoms with Crippen molar-refractivity contribution in [3.63, 3.8) is 0 Å². The summed E-state index contributed by atoms with van der Waals surface area (Å²) in [6.45, 7) is 6.87. The highest BCUT2D eigenvalue weighted by molar-refractivity contribution is 6.13. The second-order valence-corrected chi connectivity index (χ2v) is 7.57. The number of aryl methyl sites for hydroxylation is 2. The second-order valence-electron chi connectivity index (χ2n) is 7.57. The van der Waals surface area contributed by atoms with Gasteiger partial charge in [-0.1, -0.05) is 54.1 Å². The average Bonchev–Trinajstić information content (AvgIpc) is 3.13. The van der Waals surface area contributed by atoms with Crippen LogP contribution < -0.4 is 9.47 Å². The van der Waals surface area contributed by atoms with Gasteiger partial charge in [0.1, 0.15) is 6.61 Å². The molecule has 0 fully saturated rings. The van der Waals surface area contributed by atoms with Crippen LogP contribution in [0.1, 0.15) is 34.7 Å². The van der Waals surface area contributed by atoms with Crippen LogP contribution in [0.2, 0.25) is 0 Å². The van der Waals surface area contributed by atoms with E-state index in [0.29, 0.717) is 30.6 Å². The van der Waals surface area contributed by atoms with Crippen molar-refractivity contribution in [2.24, 2.45) is 4.99 Å². The van der Waals surface area contributed by atoms with Gasteiger partial charge in [0.25, 0.3) is 0 Å². The molecular weight excluding hydrogens is 402 g/mol. The third-order valence-electron chi connectivity index (χ3n) is 5.04. The van der Waals surface area contributed by atoms with Crippen molar-refractivity contribution >= 4 is 17.9 Å². The Morgan fingerprint density at radius 2 is 1.78 bits per heavy atom. The van der Waals surface area contributed by atoms with Gasteiger partial charge in [-0.15, -0.1) is 0 Å². The Morgan fingerprint density at radius 3 is 2.56 bits per heavy atom. The Morgan fingerprint density at radius 1 is 0.938 bits per heavy atom. The minimum atomic E-state index is -0.471.